The minimum atomic E-state index is -2.72. The Kier molecular flexibility index (Phi) is 6.72. The number of nitrogens with two attached hydrogens (primary N) is 2. The predicted octanol–water partition coefficient (Wildman–Crippen LogP) is 3.00. The number of ether oxygens (including phenoxy) is 1. The van der Waals surface area contributed by atoms with E-state index < -0.39 is 18.4 Å². The number of hydrogen-bond donors (Lipinski definition) is 3. The van der Waals surface area contributed by atoms with Gasteiger partial charge in [-0.1, -0.05) is 36.4 Å². The second kappa shape index (κ2) is 9.46. The van der Waals surface area contributed by atoms with Gasteiger partial charge in [0.1, 0.15) is 28.9 Å². The van der Waals surface area contributed by atoms with E-state index in [9.17, 15) is 18.4 Å². The number of carbonyl (C=O) groups is 2. The molecule has 0 aliphatic carbocycles. The Bertz CT molecular complexity index is 1130. The van der Waals surface area contributed by atoms with Crippen LogP contribution in [0.25, 0.3) is 11.3 Å². The summed E-state index contributed by atoms with van der Waals surface area (Å²) in [5, 5.41) is 6.92. The number of nitrogen functional groups attached to an aromatic ring is 1. The minimum absolute atomic E-state index is 0.116. The summed E-state index contributed by atoms with van der Waals surface area (Å²) < 4.78 is 32.4. The first-order chi connectivity index (χ1) is 15.2. The Morgan fingerprint density at radius 2 is 1.81 bits per heavy atom. The molecular formula is C22H23F2N5O3. The molecule has 3 rings (SSSR count). The van der Waals surface area contributed by atoms with Crippen LogP contribution in [0.15, 0.2) is 48.5 Å². The van der Waals surface area contributed by atoms with Crippen LogP contribution < -0.4 is 21.5 Å². The first-order valence-corrected chi connectivity index (χ1v) is 9.71. The number of amides is 2. The highest BCUT2D eigenvalue weighted by Gasteiger charge is 2.27. The number of rotatable bonds is 8. The van der Waals surface area contributed by atoms with Crippen LogP contribution in [-0.4, -0.2) is 35.1 Å². The Labute approximate surface area is 183 Å². The van der Waals surface area contributed by atoms with Crippen LogP contribution >= 0.6 is 0 Å². The molecule has 0 saturated carbocycles. The number of halogens is 2. The van der Waals surface area contributed by atoms with Crippen molar-refractivity contribution in [3.63, 3.8) is 0 Å². The van der Waals surface area contributed by atoms with Gasteiger partial charge in [0.25, 0.3) is 18.2 Å². The van der Waals surface area contributed by atoms with Gasteiger partial charge in [-0.3, -0.25) is 9.59 Å². The number of nitrogens with one attached hydrogen (secondary N) is 1. The zero-order valence-corrected chi connectivity index (χ0v) is 17.5. The van der Waals surface area contributed by atoms with Crippen LogP contribution in [0.4, 0.5) is 14.6 Å². The Morgan fingerprint density at radius 3 is 2.41 bits per heavy atom. The van der Waals surface area contributed by atoms with E-state index in [4.69, 9.17) is 16.2 Å². The number of hydrogen-bond acceptors (Lipinski definition) is 5. The Morgan fingerprint density at radius 1 is 1.16 bits per heavy atom. The van der Waals surface area contributed by atoms with Crippen molar-refractivity contribution in [2.24, 2.45) is 5.73 Å². The van der Waals surface area contributed by atoms with Gasteiger partial charge in [0.05, 0.1) is 12.7 Å². The maximum atomic E-state index is 13.1. The highest BCUT2D eigenvalue weighted by Crippen LogP contribution is 2.30. The summed E-state index contributed by atoms with van der Waals surface area (Å²) in [6, 6.07) is 12.3. The average Bonchev–Trinajstić information content (AvgIpc) is 3.14. The zero-order valence-electron chi connectivity index (χ0n) is 17.5. The normalized spacial score (nSPS) is 11.9. The molecule has 32 heavy (non-hydrogen) atoms. The second-order valence-corrected chi connectivity index (χ2v) is 7.07. The van der Waals surface area contributed by atoms with Crippen molar-refractivity contribution in [1.82, 2.24) is 15.1 Å². The number of primary amides is 1. The fourth-order valence-corrected chi connectivity index (χ4v) is 3.20. The molecule has 2 amide bonds. The van der Waals surface area contributed by atoms with Crippen LogP contribution in [0, 0.1) is 0 Å². The van der Waals surface area contributed by atoms with Gasteiger partial charge < -0.3 is 21.5 Å². The lowest BCUT2D eigenvalue weighted by Crippen LogP contribution is -2.23. The van der Waals surface area contributed by atoms with E-state index in [2.05, 4.69) is 10.4 Å². The van der Waals surface area contributed by atoms with E-state index in [0.29, 0.717) is 16.9 Å². The molecule has 0 bridgehead atoms. The largest absolute Gasteiger partial charge is 0.496 e. The molecule has 0 spiro atoms. The molecule has 1 atom stereocenters. The lowest BCUT2D eigenvalue weighted by atomic mass is 10.0. The van der Waals surface area contributed by atoms with Crippen LogP contribution in [0.5, 0.6) is 5.75 Å². The van der Waals surface area contributed by atoms with E-state index in [1.807, 2.05) is 0 Å². The number of nitrogens with zero attached hydrogens (tertiary/aromatic N) is 2. The van der Waals surface area contributed by atoms with E-state index in [-0.39, 0.29) is 29.5 Å². The first kappa shape index (κ1) is 22.7. The number of anilines is 1. The van der Waals surface area contributed by atoms with Gasteiger partial charge in [-0.05, 0) is 24.6 Å². The van der Waals surface area contributed by atoms with Crippen LogP contribution in [0.1, 0.15) is 39.2 Å². The molecular weight excluding hydrogens is 420 g/mol. The summed E-state index contributed by atoms with van der Waals surface area (Å²) >= 11 is 0. The lowest BCUT2D eigenvalue weighted by Gasteiger charge is -2.12. The number of alkyl halides is 2. The summed E-state index contributed by atoms with van der Waals surface area (Å²) in [6.07, 6.45) is -2.72. The van der Waals surface area contributed by atoms with Gasteiger partial charge in [0.15, 0.2) is 0 Å². The summed E-state index contributed by atoms with van der Waals surface area (Å²) in [6.45, 7) is 1.48. The molecule has 0 aliphatic rings. The Hall–Kier alpha value is -3.95. The molecule has 1 unspecified atom stereocenters. The highest BCUT2D eigenvalue weighted by atomic mass is 19.3. The van der Waals surface area contributed by atoms with E-state index >= 15 is 0 Å². The maximum Gasteiger partial charge on any atom is 0.260 e. The van der Waals surface area contributed by atoms with Crippen molar-refractivity contribution in [2.45, 2.75) is 25.9 Å². The smallest absolute Gasteiger partial charge is 0.260 e. The van der Waals surface area contributed by atoms with E-state index in [1.54, 1.807) is 48.5 Å². The third-order valence-electron chi connectivity index (χ3n) is 4.98. The predicted molar refractivity (Wildman–Crippen MR) is 115 cm³/mol. The fourth-order valence-electron chi connectivity index (χ4n) is 3.20. The van der Waals surface area contributed by atoms with Crippen molar-refractivity contribution >= 4 is 17.6 Å². The van der Waals surface area contributed by atoms with Crippen molar-refractivity contribution < 1.29 is 23.1 Å². The van der Waals surface area contributed by atoms with Crippen LogP contribution in [0.3, 0.4) is 0 Å². The van der Waals surface area contributed by atoms with E-state index in [0.717, 1.165) is 10.2 Å². The molecule has 1 aromatic heterocycles. The Balaban J connectivity index is 1.81. The summed E-state index contributed by atoms with van der Waals surface area (Å²) in [4.78, 5) is 24.3. The quantitative estimate of drug-likeness (QED) is 0.494. The van der Waals surface area contributed by atoms with Crippen molar-refractivity contribution in [3.05, 3.63) is 65.2 Å². The molecule has 3 aromatic rings. The van der Waals surface area contributed by atoms with Crippen LogP contribution in [-0.2, 0) is 6.54 Å². The minimum Gasteiger partial charge on any atom is -0.496 e. The van der Waals surface area contributed by atoms with Gasteiger partial charge in [0, 0.05) is 12.1 Å². The zero-order chi connectivity index (χ0) is 23.4. The van der Waals surface area contributed by atoms with Crippen molar-refractivity contribution in [1.29, 1.82) is 0 Å². The number of methoxy groups -OCH3 is 1. The van der Waals surface area contributed by atoms with Crippen molar-refractivity contribution in [2.75, 3.05) is 12.8 Å². The molecule has 2 aromatic carbocycles. The number of aromatic nitrogens is 2. The average molecular weight is 443 g/mol. The van der Waals surface area contributed by atoms with Gasteiger partial charge in [0.2, 0.25) is 0 Å². The monoisotopic (exact) mass is 443 g/mol. The van der Waals surface area contributed by atoms with Crippen molar-refractivity contribution in [3.8, 4) is 17.0 Å². The van der Waals surface area contributed by atoms with E-state index in [1.165, 1.54) is 14.0 Å². The SMILES string of the molecule is COc1ccccc1C(=O)NCc1ccc(-c2nn(C(C)C(F)F)c(N)c2C(N)=O)cc1. The topological polar surface area (TPSA) is 125 Å². The number of para-hydroxylation sites is 1. The number of benzene rings is 2. The van der Waals surface area contributed by atoms with Crippen LogP contribution in [0.2, 0.25) is 0 Å². The molecule has 168 valence electrons. The fraction of sp³-hybridized carbons (Fsp3) is 0.227. The molecule has 5 N–H and O–H groups in total. The van der Waals surface area contributed by atoms with Gasteiger partial charge in [-0.2, -0.15) is 5.10 Å². The lowest BCUT2D eigenvalue weighted by molar-refractivity contribution is 0.0864. The molecule has 0 aliphatic heterocycles. The third kappa shape index (κ3) is 4.53. The molecule has 0 saturated heterocycles. The maximum absolute atomic E-state index is 13.1. The summed E-state index contributed by atoms with van der Waals surface area (Å²) in [5.74, 6) is -0.910. The third-order valence-corrected chi connectivity index (χ3v) is 4.98. The summed E-state index contributed by atoms with van der Waals surface area (Å²) in [5.41, 5.74) is 13.0. The highest BCUT2D eigenvalue weighted by molar-refractivity contribution is 6.03. The van der Waals surface area contributed by atoms with Gasteiger partial charge in [-0.15, -0.1) is 0 Å². The molecule has 10 heteroatoms. The molecule has 0 fully saturated rings. The van der Waals surface area contributed by atoms with Gasteiger partial charge >= 0.3 is 0 Å². The number of carbonyl (C=O) groups excluding carboxylic acids is 2. The first-order valence-electron chi connectivity index (χ1n) is 9.71. The standard InChI is InChI=1S/C22H23F2N5O3/c1-12(19(23)24)29-20(25)17(21(26)30)18(28-29)14-9-7-13(8-10-14)11-27-22(31)15-5-3-4-6-16(15)32-2/h3-10,12,19H,11,25H2,1-2H3,(H2,26,30)(H,27,31). The molecule has 8 nitrogen and oxygen atoms in total. The molecule has 1 heterocycles. The van der Waals surface area contributed by atoms with Gasteiger partial charge in [-0.25, -0.2) is 13.5 Å². The second-order valence-electron chi connectivity index (χ2n) is 7.07. The molecule has 0 radical (unpaired) electrons. The summed E-state index contributed by atoms with van der Waals surface area (Å²) in [7, 11) is 1.49.